The summed E-state index contributed by atoms with van der Waals surface area (Å²) in [4.78, 5) is 30.8. The third-order valence-corrected chi connectivity index (χ3v) is 4.98. The van der Waals surface area contributed by atoms with Crippen molar-refractivity contribution in [3.8, 4) is 0 Å². The maximum Gasteiger partial charge on any atom is 0.251 e. The van der Waals surface area contributed by atoms with Gasteiger partial charge in [-0.3, -0.25) is 9.59 Å². The topological polar surface area (TPSA) is 83.6 Å². The molecule has 0 bridgehead atoms. The van der Waals surface area contributed by atoms with Gasteiger partial charge in [0.05, 0.1) is 6.04 Å². The molecule has 2 amide bonds. The minimum atomic E-state index is -0.750. The van der Waals surface area contributed by atoms with E-state index in [-0.39, 0.29) is 18.4 Å². The highest BCUT2D eigenvalue weighted by Gasteiger charge is 2.40. The number of hydrogen-bond donors (Lipinski definition) is 2. The molecule has 2 atom stereocenters. The van der Waals surface area contributed by atoms with Crippen molar-refractivity contribution >= 4 is 17.6 Å². The van der Waals surface area contributed by atoms with Gasteiger partial charge in [0.25, 0.3) is 5.91 Å². The molecule has 1 aliphatic heterocycles. The first-order valence-corrected chi connectivity index (χ1v) is 9.35. The number of aromatic nitrogens is 1. The number of amides is 2. The highest BCUT2D eigenvalue weighted by Crippen LogP contribution is 2.31. The van der Waals surface area contributed by atoms with Gasteiger partial charge < -0.3 is 20.3 Å². The fourth-order valence-electron chi connectivity index (χ4n) is 3.36. The molecule has 0 saturated carbocycles. The highest BCUT2D eigenvalue weighted by atomic mass is 16.5. The summed E-state index contributed by atoms with van der Waals surface area (Å²) in [6.45, 7) is 4.81. The van der Waals surface area contributed by atoms with Gasteiger partial charge in [0.2, 0.25) is 5.91 Å². The fraction of sp³-hybridized carbons (Fsp3) is 0.381. The van der Waals surface area contributed by atoms with Crippen molar-refractivity contribution in [2.75, 3.05) is 32.1 Å². The van der Waals surface area contributed by atoms with Crippen LogP contribution in [0.5, 0.6) is 0 Å². The minimum Gasteiger partial charge on any atom is -0.368 e. The lowest BCUT2D eigenvalue weighted by atomic mass is 9.94. The smallest absolute Gasteiger partial charge is 0.251 e. The maximum absolute atomic E-state index is 12.8. The molecule has 0 radical (unpaired) electrons. The Morgan fingerprint density at radius 1 is 1.18 bits per heavy atom. The summed E-state index contributed by atoms with van der Waals surface area (Å²) in [7, 11) is 1.72. The lowest BCUT2D eigenvalue weighted by Gasteiger charge is -2.38. The molecule has 3 rings (SSSR count). The number of rotatable bonds is 6. The van der Waals surface area contributed by atoms with Crippen LogP contribution in [0.25, 0.3) is 0 Å². The number of ether oxygens (including phenoxy) is 1. The Hall–Kier alpha value is -2.93. The van der Waals surface area contributed by atoms with Gasteiger partial charge in [-0.1, -0.05) is 30.3 Å². The third-order valence-electron chi connectivity index (χ3n) is 4.98. The van der Waals surface area contributed by atoms with Crippen LogP contribution < -0.4 is 10.6 Å². The van der Waals surface area contributed by atoms with E-state index in [0.29, 0.717) is 13.1 Å². The number of nitrogens with zero attached hydrogens (tertiary/aromatic N) is 2. The van der Waals surface area contributed by atoms with E-state index < -0.39 is 12.1 Å². The van der Waals surface area contributed by atoms with Gasteiger partial charge >= 0.3 is 0 Å². The van der Waals surface area contributed by atoms with Crippen LogP contribution in [0, 0.1) is 13.8 Å². The second-order valence-corrected chi connectivity index (χ2v) is 6.92. The summed E-state index contributed by atoms with van der Waals surface area (Å²) in [5, 5.41) is 6.11. The van der Waals surface area contributed by atoms with Crippen molar-refractivity contribution in [3.63, 3.8) is 0 Å². The molecule has 0 unspecified atom stereocenters. The molecule has 28 heavy (non-hydrogen) atoms. The molecule has 0 spiro atoms. The Morgan fingerprint density at radius 3 is 2.68 bits per heavy atom. The van der Waals surface area contributed by atoms with E-state index in [2.05, 4.69) is 15.6 Å². The Balaban J connectivity index is 1.64. The summed E-state index contributed by atoms with van der Waals surface area (Å²) in [6, 6.07) is 11.2. The second kappa shape index (κ2) is 8.84. The van der Waals surface area contributed by atoms with Crippen LogP contribution in [0.3, 0.4) is 0 Å². The molecule has 2 N–H and O–H groups in total. The van der Waals surface area contributed by atoms with E-state index in [1.54, 1.807) is 18.1 Å². The summed E-state index contributed by atoms with van der Waals surface area (Å²) >= 11 is 0. The monoisotopic (exact) mass is 382 g/mol. The number of nitrogens with one attached hydrogen (secondary N) is 2. The molecule has 1 fully saturated rings. The van der Waals surface area contributed by atoms with Crippen LogP contribution in [0.4, 0.5) is 5.82 Å². The van der Waals surface area contributed by atoms with Gasteiger partial charge in [0.1, 0.15) is 12.4 Å². The average Bonchev–Trinajstić information content (AvgIpc) is 2.69. The number of hydrogen-bond acceptors (Lipinski definition) is 5. The normalized spacial score (nSPS) is 19.4. The lowest BCUT2D eigenvalue weighted by Crippen LogP contribution is -2.53. The molecule has 148 valence electrons. The second-order valence-electron chi connectivity index (χ2n) is 6.92. The van der Waals surface area contributed by atoms with Gasteiger partial charge in [-0.25, -0.2) is 4.98 Å². The number of pyridine rings is 1. The Kier molecular flexibility index (Phi) is 6.26. The third kappa shape index (κ3) is 4.31. The number of likely N-dealkylation sites (N-methyl/N-ethyl adjacent to an activating group) is 1. The Bertz CT molecular complexity index is 855. The van der Waals surface area contributed by atoms with Gasteiger partial charge in [-0.15, -0.1) is 0 Å². The summed E-state index contributed by atoms with van der Waals surface area (Å²) in [6.07, 6.45) is 0.976. The summed E-state index contributed by atoms with van der Waals surface area (Å²) in [5.41, 5.74) is 2.98. The van der Waals surface area contributed by atoms with Crippen LogP contribution >= 0.6 is 0 Å². The number of carbonyl (C=O) groups excluding carboxylic acids is 2. The first-order valence-electron chi connectivity index (χ1n) is 9.35. The van der Waals surface area contributed by atoms with Crippen molar-refractivity contribution in [1.82, 2.24) is 15.2 Å². The van der Waals surface area contributed by atoms with Crippen LogP contribution in [0.15, 0.2) is 42.6 Å². The fourth-order valence-corrected chi connectivity index (χ4v) is 3.36. The zero-order chi connectivity index (χ0) is 20.1. The predicted molar refractivity (Wildman–Crippen MR) is 107 cm³/mol. The van der Waals surface area contributed by atoms with Gasteiger partial charge in [0, 0.05) is 26.3 Å². The molecule has 7 heteroatoms. The molecule has 1 saturated heterocycles. The van der Waals surface area contributed by atoms with E-state index in [0.717, 1.165) is 22.5 Å². The molecule has 2 heterocycles. The molecular weight excluding hydrogens is 356 g/mol. The summed E-state index contributed by atoms with van der Waals surface area (Å²) < 4.78 is 5.64. The standard InChI is InChI=1S/C21H26N4O3/c1-14-7-4-5-9-16(14)18-19(28-13-17(26)25(18)3)21(27)24-12-11-23-20-15(2)8-6-10-22-20/h4-10,18-19H,11-13H2,1-3H3,(H,22,23)(H,24,27)/t18-,19+/m1/s1. The van der Waals surface area contributed by atoms with E-state index in [1.807, 2.05) is 50.2 Å². The van der Waals surface area contributed by atoms with Gasteiger partial charge in [-0.2, -0.15) is 0 Å². The van der Waals surface area contributed by atoms with E-state index >= 15 is 0 Å². The van der Waals surface area contributed by atoms with Gasteiger partial charge in [-0.05, 0) is 36.6 Å². The molecule has 1 aromatic heterocycles. The predicted octanol–water partition coefficient (Wildman–Crippen LogP) is 1.83. The number of anilines is 1. The average molecular weight is 382 g/mol. The SMILES string of the molecule is Cc1ccccc1[C@@H]1[C@@H](C(=O)NCCNc2ncccc2C)OCC(=O)N1C. The first kappa shape index (κ1) is 19.8. The maximum atomic E-state index is 12.8. The molecule has 1 aromatic carbocycles. The zero-order valence-electron chi connectivity index (χ0n) is 16.4. The number of aryl methyl sites for hydroxylation is 2. The van der Waals surface area contributed by atoms with Crippen LogP contribution in [0.2, 0.25) is 0 Å². The molecular formula is C21H26N4O3. The quantitative estimate of drug-likeness (QED) is 0.745. The summed E-state index contributed by atoms with van der Waals surface area (Å²) in [5.74, 6) is 0.436. The number of morpholine rings is 1. The van der Waals surface area contributed by atoms with Crippen molar-refractivity contribution in [2.24, 2.45) is 0 Å². The van der Waals surface area contributed by atoms with Crippen molar-refractivity contribution in [2.45, 2.75) is 26.0 Å². The van der Waals surface area contributed by atoms with Crippen molar-refractivity contribution in [3.05, 3.63) is 59.3 Å². The van der Waals surface area contributed by atoms with Crippen molar-refractivity contribution in [1.29, 1.82) is 0 Å². The van der Waals surface area contributed by atoms with E-state index in [4.69, 9.17) is 4.74 Å². The number of carbonyl (C=O) groups is 2. The van der Waals surface area contributed by atoms with E-state index in [9.17, 15) is 9.59 Å². The highest BCUT2D eigenvalue weighted by molar-refractivity contribution is 5.86. The van der Waals surface area contributed by atoms with Crippen LogP contribution in [-0.2, 0) is 14.3 Å². The Morgan fingerprint density at radius 2 is 1.93 bits per heavy atom. The van der Waals surface area contributed by atoms with E-state index in [1.165, 1.54) is 0 Å². The molecule has 0 aliphatic carbocycles. The van der Waals surface area contributed by atoms with Gasteiger partial charge in [0.15, 0.2) is 6.10 Å². The van der Waals surface area contributed by atoms with Crippen LogP contribution in [0.1, 0.15) is 22.7 Å². The number of benzene rings is 1. The Labute approximate surface area is 165 Å². The van der Waals surface area contributed by atoms with Crippen LogP contribution in [-0.4, -0.2) is 54.5 Å². The first-order chi connectivity index (χ1) is 13.5. The largest absolute Gasteiger partial charge is 0.368 e. The molecule has 1 aliphatic rings. The van der Waals surface area contributed by atoms with Crippen molar-refractivity contribution < 1.29 is 14.3 Å². The minimum absolute atomic E-state index is 0.0949. The zero-order valence-corrected chi connectivity index (χ0v) is 16.4. The molecule has 2 aromatic rings. The lowest BCUT2D eigenvalue weighted by molar-refractivity contribution is -0.162. The molecule has 7 nitrogen and oxygen atoms in total.